The number of benzene rings is 2. The van der Waals surface area contributed by atoms with Crippen molar-refractivity contribution in [1.82, 2.24) is 0 Å². The SMILES string of the molecule is CN(C(=O)O)c1ccc(C2Nc3ccc(S(N)(=O)=O)cc3C3C=CCC32)cc1. The van der Waals surface area contributed by atoms with Crippen LogP contribution >= 0.6 is 0 Å². The highest BCUT2D eigenvalue weighted by atomic mass is 32.2. The number of primary sulfonamides is 1. The predicted octanol–water partition coefficient (Wildman–Crippen LogP) is 3.27. The first-order valence-corrected chi connectivity index (χ1v) is 10.5. The van der Waals surface area contributed by atoms with Gasteiger partial charge in [-0.25, -0.2) is 18.4 Å². The molecule has 2 aromatic rings. The number of carboxylic acid groups (broad SMARTS) is 1. The zero-order valence-electron chi connectivity index (χ0n) is 15.2. The minimum Gasteiger partial charge on any atom is -0.465 e. The molecule has 1 aliphatic heterocycles. The molecule has 0 saturated heterocycles. The fourth-order valence-corrected chi connectivity index (χ4v) is 4.64. The van der Waals surface area contributed by atoms with E-state index in [0.29, 0.717) is 5.69 Å². The second kappa shape index (κ2) is 6.65. The van der Waals surface area contributed by atoms with Crippen molar-refractivity contribution in [2.45, 2.75) is 23.3 Å². The highest BCUT2D eigenvalue weighted by molar-refractivity contribution is 7.89. The summed E-state index contributed by atoms with van der Waals surface area (Å²) < 4.78 is 23.5. The number of fused-ring (bicyclic) bond motifs is 3. The van der Waals surface area contributed by atoms with Gasteiger partial charge in [-0.05, 0) is 53.8 Å². The van der Waals surface area contributed by atoms with E-state index in [-0.39, 0.29) is 22.8 Å². The molecule has 2 aliphatic rings. The lowest BCUT2D eigenvalue weighted by molar-refractivity contribution is 0.203. The molecule has 28 heavy (non-hydrogen) atoms. The highest BCUT2D eigenvalue weighted by Gasteiger charge is 2.38. The maximum Gasteiger partial charge on any atom is 0.411 e. The zero-order chi connectivity index (χ0) is 20.1. The Balaban J connectivity index is 1.69. The number of anilines is 2. The maximum atomic E-state index is 11.7. The number of hydrogen-bond acceptors (Lipinski definition) is 4. The molecular formula is C20H21N3O4S. The van der Waals surface area contributed by atoms with Crippen LogP contribution in [0.2, 0.25) is 0 Å². The third-order valence-corrected chi connectivity index (χ3v) is 6.50. The van der Waals surface area contributed by atoms with E-state index in [4.69, 9.17) is 10.2 Å². The molecule has 1 heterocycles. The first-order chi connectivity index (χ1) is 13.3. The van der Waals surface area contributed by atoms with Crippen LogP contribution in [-0.2, 0) is 10.0 Å². The summed E-state index contributed by atoms with van der Waals surface area (Å²) in [7, 11) is -2.25. The zero-order valence-corrected chi connectivity index (χ0v) is 16.1. The van der Waals surface area contributed by atoms with Crippen LogP contribution in [0.1, 0.15) is 29.5 Å². The van der Waals surface area contributed by atoms with E-state index in [1.165, 1.54) is 18.0 Å². The van der Waals surface area contributed by atoms with Gasteiger partial charge in [0.25, 0.3) is 0 Å². The average molecular weight is 399 g/mol. The first-order valence-electron chi connectivity index (χ1n) is 8.92. The molecule has 3 atom stereocenters. The van der Waals surface area contributed by atoms with Crippen molar-refractivity contribution in [2.75, 3.05) is 17.3 Å². The Hall–Kier alpha value is -2.84. The van der Waals surface area contributed by atoms with Gasteiger partial charge in [0, 0.05) is 24.3 Å². The molecule has 3 unspecified atom stereocenters. The molecule has 0 radical (unpaired) electrons. The quantitative estimate of drug-likeness (QED) is 0.686. The summed E-state index contributed by atoms with van der Waals surface area (Å²) in [5, 5.41) is 17.9. The van der Waals surface area contributed by atoms with E-state index in [1.54, 1.807) is 24.3 Å². The Bertz CT molecular complexity index is 1060. The maximum absolute atomic E-state index is 11.7. The molecule has 4 N–H and O–H groups in total. The molecule has 1 aliphatic carbocycles. The van der Waals surface area contributed by atoms with E-state index in [1.807, 2.05) is 12.1 Å². The van der Waals surface area contributed by atoms with Crippen molar-refractivity contribution in [2.24, 2.45) is 11.1 Å². The predicted molar refractivity (Wildman–Crippen MR) is 107 cm³/mol. The summed E-state index contributed by atoms with van der Waals surface area (Å²) in [4.78, 5) is 12.4. The van der Waals surface area contributed by atoms with Crippen LogP contribution in [0.4, 0.5) is 16.2 Å². The molecule has 4 rings (SSSR count). The minimum absolute atomic E-state index is 0.0389. The molecule has 0 spiro atoms. The van der Waals surface area contributed by atoms with Gasteiger partial charge in [0.05, 0.1) is 10.9 Å². The van der Waals surface area contributed by atoms with Crippen LogP contribution < -0.4 is 15.4 Å². The number of nitrogens with one attached hydrogen (secondary N) is 1. The molecule has 0 bridgehead atoms. The smallest absolute Gasteiger partial charge is 0.411 e. The van der Waals surface area contributed by atoms with Crippen LogP contribution in [0.5, 0.6) is 0 Å². The van der Waals surface area contributed by atoms with Gasteiger partial charge < -0.3 is 10.4 Å². The Labute approximate surface area is 163 Å². The van der Waals surface area contributed by atoms with Gasteiger partial charge in [-0.2, -0.15) is 0 Å². The van der Waals surface area contributed by atoms with Gasteiger partial charge in [0.15, 0.2) is 0 Å². The van der Waals surface area contributed by atoms with E-state index in [2.05, 4.69) is 17.5 Å². The van der Waals surface area contributed by atoms with Gasteiger partial charge in [-0.1, -0.05) is 24.3 Å². The normalized spacial score (nSPS) is 22.9. The first kappa shape index (κ1) is 18.5. The van der Waals surface area contributed by atoms with Gasteiger partial charge in [0.1, 0.15) is 0 Å². The van der Waals surface area contributed by atoms with Crippen molar-refractivity contribution in [3.05, 3.63) is 65.7 Å². The highest BCUT2D eigenvalue weighted by Crippen LogP contribution is 2.50. The van der Waals surface area contributed by atoms with Crippen molar-refractivity contribution in [3.63, 3.8) is 0 Å². The number of amides is 1. The molecule has 0 aromatic heterocycles. The number of hydrogen-bond donors (Lipinski definition) is 3. The summed E-state index contributed by atoms with van der Waals surface area (Å²) in [6.45, 7) is 0. The molecule has 0 saturated carbocycles. The van der Waals surface area contributed by atoms with Gasteiger partial charge in [-0.15, -0.1) is 0 Å². The molecule has 0 fully saturated rings. The lowest BCUT2D eigenvalue weighted by Gasteiger charge is -2.37. The third-order valence-electron chi connectivity index (χ3n) is 5.59. The Morgan fingerprint density at radius 1 is 1.21 bits per heavy atom. The van der Waals surface area contributed by atoms with Gasteiger partial charge in [-0.3, -0.25) is 4.90 Å². The topological polar surface area (TPSA) is 113 Å². The fraction of sp³-hybridized carbons (Fsp3) is 0.250. The summed E-state index contributed by atoms with van der Waals surface area (Å²) in [6.07, 6.45) is 4.10. The van der Waals surface area contributed by atoms with Crippen LogP contribution in [0.25, 0.3) is 0 Å². The third kappa shape index (κ3) is 3.14. The Morgan fingerprint density at radius 2 is 1.93 bits per heavy atom. The van der Waals surface area contributed by atoms with Crippen LogP contribution in [0, 0.1) is 5.92 Å². The van der Waals surface area contributed by atoms with Crippen molar-refractivity contribution in [3.8, 4) is 0 Å². The molecule has 8 heteroatoms. The molecule has 1 amide bonds. The largest absolute Gasteiger partial charge is 0.465 e. The number of allylic oxidation sites excluding steroid dienone is 2. The van der Waals surface area contributed by atoms with E-state index in [9.17, 15) is 13.2 Å². The number of carbonyl (C=O) groups is 1. The summed E-state index contributed by atoms with van der Waals surface area (Å²) in [5.74, 6) is 0.343. The lowest BCUT2D eigenvalue weighted by Crippen LogP contribution is -2.29. The fourth-order valence-electron chi connectivity index (χ4n) is 4.10. The number of nitrogens with zero attached hydrogens (tertiary/aromatic N) is 1. The van der Waals surface area contributed by atoms with Crippen LogP contribution in [-0.4, -0.2) is 26.7 Å². The second-order valence-corrected chi connectivity index (χ2v) is 8.76. The number of nitrogens with two attached hydrogens (primary N) is 1. The van der Waals surface area contributed by atoms with E-state index >= 15 is 0 Å². The molecular weight excluding hydrogens is 378 g/mol. The van der Waals surface area contributed by atoms with Crippen molar-refractivity contribution >= 4 is 27.5 Å². The number of rotatable bonds is 3. The summed E-state index contributed by atoms with van der Waals surface area (Å²) in [5.41, 5.74) is 3.48. The second-order valence-electron chi connectivity index (χ2n) is 7.20. The minimum atomic E-state index is -3.76. The van der Waals surface area contributed by atoms with E-state index in [0.717, 1.165) is 23.2 Å². The van der Waals surface area contributed by atoms with Crippen molar-refractivity contribution < 1.29 is 18.3 Å². The van der Waals surface area contributed by atoms with Gasteiger partial charge in [0.2, 0.25) is 10.0 Å². The lowest BCUT2D eigenvalue weighted by atomic mass is 9.77. The van der Waals surface area contributed by atoms with Crippen LogP contribution in [0.3, 0.4) is 0 Å². The molecule has 7 nitrogen and oxygen atoms in total. The van der Waals surface area contributed by atoms with E-state index < -0.39 is 16.1 Å². The Morgan fingerprint density at radius 3 is 2.57 bits per heavy atom. The van der Waals surface area contributed by atoms with Crippen LogP contribution in [0.15, 0.2) is 59.5 Å². The summed E-state index contributed by atoms with van der Waals surface area (Å²) in [6, 6.07) is 12.4. The monoisotopic (exact) mass is 399 g/mol. The Kier molecular flexibility index (Phi) is 4.40. The molecule has 146 valence electrons. The van der Waals surface area contributed by atoms with Crippen molar-refractivity contribution in [1.29, 1.82) is 0 Å². The number of sulfonamides is 1. The standard InChI is InChI=1S/C20H21N3O4S/c1-23(20(24)25)13-7-5-12(6-8-13)19-16-4-2-3-15(16)17-11-14(28(21,26)27)9-10-18(17)22-19/h2-3,5-11,15-16,19,22H,4H2,1H3,(H,24,25)(H2,21,26,27). The van der Waals surface area contributed by atoms with Gasteiger partial charge >= 0.3 is 6.09 Å². The average Bonchev–Trinajstić information content (AvgIpc) is 3.16. The molecule has 2 aromatic carbocycles. The summed E-state index contributed by atoms with van der Waals surface area (Å²) >= 11 is 0.